The molecule has 1 aliphatic rings. The van der Waals surface area contributed by atoms with Crippen LogP contribution < -0.4 is 4.90 Å². The van der Waals surface area contributed by atoms with Crippen LogP contribution in [0.3, 0.4) is 0 Å². The van der Waals surface area contributed by atoms with Crippen LogP contribution in [0.15, 0.2) is 24.3 Å². The van der Waals surface area contributed by atoms with Gasteiger partial charge in [0.05, 0.1) is 0 Å². The summed E-state index contributed by atoms with van der Waals surface area (Å²) in [5.74, 6) is 0.301. The van der Waals surface area contributed by atoms with Crippen molar-refractivity contribution in [3.05, 3.63) is 29.8 Å². The monoisotopic (exact) mass is 215 g/mol. The Morgan fingerprint density at radius 1 is 1.44 bits per heavy atom. The maximum absolute atomic E-state index is 11.5. The molecule has 0 aliphatic carbocycles. The summed E-state index contributed by atoms with van der Waals surface area (Å²) in [5.41, 5.74) is 1.43. The fourth-order valence-electron chi connectivity index (χ4n) is 1.90. The zero-order valence-corrected chi connectivity index (χ0v) is 8.38. The number of fused-ring (bicyclic) bond motifs is 1. The van der Waals surface area contributed by atoms with E-state index in [4.69, 9.17) is 11.5 Å². The van der Waals surface area contributed by atoms with Crippen molar-refractivity contribution < 1.29 is 14.7 Å². The molecule has 0 radical (unpaired) electrons. The number of carboxylic acid groups (broad SMARTS) is 1. The summed E-state index contributed by atoms with van der Waals surface area (Å²) in [7, 11) is 0. The number of para-hydroxylation sites is 1. The van der Waals surface area contributed by atoms with Crippen LogP contribution in [0.1, 0.15) is 5.56 Å². The molecular weight excluding hydrogens is 206 g/mol. The van der Waals surface area contributed by atoms with E-state index < -0.39 is 17.9 Å². The first-order valence-corrected chi connectivity index (χ1v) is 4.75. The second-order valence-corrected chi connectivity index (χ2v) is 3.51. The Balaban J connectivity index is 2.49. The SMILES string of the molecule is C#CC(=O)N1c2ccccc2CC1C(=O)O. The Bertz CT molecular complexity index is 501. The predicted molar refractivity (Wildman–Crippen MR) is 57.9 cm³/mol. The first-order valence-electron chi connectivity index (χ1n) is 4.75. The van der Waals surface area contributed by atoms with Crippen molar-refractivity contribution in [3.8, 4) is 12.3 Å². The molecule has 0 saturated carbocycles. The van der Waals surface area contributed by atoms with E-state index in [2.05, 4.69) is 0 Å². The van der Waals surface area contributed by atoms with Crippen LogP contribution in [0.2, 0.25) is 0 Å². The minimum atomic E-state index is -1.04. The Morgan fingerprint density at radius 2 is 2.12 bits per heavy atom. The maximum atomic E-state index is 11.5. The molecule has 0 saturated heterocycles. The van der Waals surface area contributed by atoms with Crippen LogP contribution in [-0.2, 0) is 16.0 Å². The number of amides is 1. The van der Waals surface area contributed by atoms with Crippen molar-refractivity contribution in [2.75, 3.05) is 4.90 Å². The first-order chi connectivity index (χ1) is 7.65. The van der Waals surface area contributed by atoms with E-state index in [9.17, 15) is 9.59 Å². The number of nitrogens with zero attached hydrogens (tertiary/aromatic N) is 1. The molecular formula is C12H9NO3. The standard InChI is InChI=1S/C12H9NO3/c1-2-11(14)13-9-6-4-3-5-8(9)7-10(13)12(15)16/h1,3-6,10H,7H2,(H,15,16). The summed E-state index contributed by atoms with van der Waals surface area (Å²) in [5, 5.41) is 9.04. The zero-order chi connectivity index (χ0) is 11.7. The number of hydrogen-bond donors (Lipinski definition) is 1. The van der Waals surface area contributed by atoms with Crippen LogP contribution >= 0.6 is 0 Å². The third kappa shape index (κ3) is 1.43. The van der Waals surface area contributed by atoms with E-state index in [0.29, 0.717) is 12.1 Å². The van der Waals surface area contributed by atoms with E-state index in [1.165, 1.54) is 0 Å². The zero-order valence-electron chi connectivity index (χ0n) is 8.38. The first kappa shape index (κ1) is 10.2. The molecule has 1 N–H and O–H groups in total. The van der Waals surface area contributed by atoms with Gasteiger partial charge < -0.3 is 5.11 Å². The number of aliphatic carboxylic acids is 1. The molecule has 4 nitrogen and oxygen atoms in total. The number of benzene rings is 1. The lowest BCUT2D eigenvalue weighted by molar-refractivity contribution is -0.139. The third-order valence-corrected chi connectivity index (χ3v) is 2.60. The summed E-state index contributed by atoms with van der Waals surface area (Å²) in [6.07, 6.45) is 5.34. The van der Waals surface area contributed by atoms with Crippen LogP contribution in [0.25, 0.3) is 0 Å². The largest absolute Gasteiger partial charge is 0.480 e. The van der Waals surface area contributed by atoms with E-state index >= 15 is 0 Å². The van der Waals surface area contributed by atoms with Gasteiger partial charge in [-0.3, -0.25) is 9.69 Å². The highest BCUT2D eigenvalue weighted by atomic mass is 16.4. The van der Waals surface area contributed by atoms with Gasteiger partial charge in [-0.05, 0) is 17.6 Å². The molecule has 0 bridgehead atoms. The average molecular weight is 215 g/mol. The van der Waals surface area contributed by atoms with Gasteiger partial charge in [0.15, 0.2) is 0 Å². The van der Waals surface area contributed by atoms with Gasteiger partial charge in [0.1, 0.15) is 6.04 Å². The molecule has 1 aromatic carbocycles. The highest BCUT2D eigenvalue weighted by molar-refractivity contribution is 6.10. The molecule has 80 valence electrons. The Morgan fingerprint density at radius 3 is 2.75 bits per heavy atom. The molecule has 1 aliphatic heterocycles. The number of anilines is 1. The van der Waals surface area contributed by atoms with Crippen molar-refractivity contribution in [1.29, 1.82) is 0 Å². The molecule has 1 atom stereocenters. The van der Waals surface area contributed by atoms with Gasteiger partial charge in [-0.1, -0.05) is 18.2 Å². The van der Waals surface area contributed by atoms with Crippen molar-refractivity contribution in [2.45, 2.75) is 12.5 Å². The molecule has 0 fully saturated rings. The molecule has 1 heterocycles. The normalized spacial score (nSPS) is 17.7. The number of carbonyl (C=O) groups excluding carboxylic acids is 1. The van der Waals surface area contributed by atoms with Gasteiger partial charge in [-0.25, -0.2) is 4.79 Å². The quantitative estimate of drug-likeness (QED) is 0.700. The molecule has 1 unspecified atom stereocenters. The lowest BCUT2D eigenvalue weighted by Gasteiger charge is -2.19. The van der Waals surface area contributed by atoms with Crippen LogP contribution in [0.5, 0.6) is 0 Å². The average Bonchev–Trinajstić information content (AvgIpc) is 2.67. The lowest BCUT2D eigenvalue weighted by atomic mass is 10.1. The van der Waals surface area contributed by atoms with Gasteiger partial charge in [0.25, 0.3) is 0 Å². The molecule has 0 aromatic heterocycles. The van der Waals surface area contributed by atoms with E-state index in [1.54, 1.807) is 18.2 Å². The Labute approximate surface area is 92.5 Å². The third-order valence-electron chi connectivity index (χ3n) is 2.60. The van der Waals surface area contributed by atoms with Gasteiger partial charge in [-0.15, -0.1) is 6.42 Å². The predicted octanol–water partition coefficient (Wildman–Crippen LogP) is 0.662. The smallest absolute Gasteiger partial charge is 0.327 e. The number of carbonyl (C=O) groups is 2. The van der Waals surface area contributed by atoms with E-state index in [1.807, 2.05) is 12.0 Å². The minimum Gasteiger partial charge on any atom is -0.480 e. The summed E-state index contributed by atoms with van der Waals surface area (Å²) in [6.45, 7) is 0. The number of carboxylic acids is 1. The van der Waals surface area contributed by atoms with Crippen LogP contribution in [-0.4, -0.2) is 23.0 Å². The minimum absolute atomic E-state index is 0.304. The summed E-state index contributed by atoms with van der Waals surface area (Å²) in [6, 6.07) is 6.17. The van der Waals surface area contributed by atoms with Crippen LogP contribution in [0.4, 0.5) is 5.69 Å². The molecule has 16 heavy (non-hydrogen) atoms. The van der Waals surface area contributed by atoms with Gasteiger partial charge >= 0.3 is 11.9 Å². The molecule has 1 aromatic rings. The summed E-state index contributed by atoms with van der Waals surface area (Å²) >= 11 is 0. The highest BCUT2D eigenvalue weighted by Gasteiger charge is 2.37. The van der Waals surface area contributed by atoms with Crippen molar-refractivity contribution in [3.63, 3.8) is 0 Å². The maximum Gasteiger partial charge on any atom is 0.327 e. The molecule has 0 spiro atoms. The fraction of sp³-hybridized carbons (Fsp3) is 0.167. The van der Waals surface area contributed by atoms with E-state index in [-0.39, 0.29) is 0 Å². The van der Waals surface area contributed by atoms with Gasteiger partial charge in [0.2, 0.25) is 0 Å². The molecule has 1 amide bonds. The lowest BCUT2D eigenvalue weighted by Crippen LogP contribution is -2.42. The fourth-order valence-corrected chi connectivity index (χ4v) is 1.90. The molecule has 2 rings (SSSR count). The topological polar surface area (TPSA) is 57.6 Å². The number of terminal acetylenes is 1. The van der Waals surface area contributed by atoms with Crippen molar-refractivity contribution in [2.24, 2.45) is 0 Å². The second-order valence-electron chi connectivity index (χ2n) is 3.51. The summed E-state index contributed by atoms with van der Waals surface area (Å²) < 4.78 is 0. The van der Waals surface area contributed by atoms with Gasteiger partial charge in [-0.2, -0.15) is 0 Å². The van der Waals surface area contributed by atoms with Crippen molar-refractivity contribution >= 4 is 17.6 Å². The molecule has 4 heteroatoms. The van der Waals surface area contributed by atoms with E-state index in [0.717, 1.165) is 10.5 Å². The van der Waals surface area contributed by atoms with Gasteiger partial charge in [0, 0.05) is 12.1 Å². The summed E-state index contributed by atoms with van der Waals surface area (Å²) in [4.78, 5) is 23.7. The number of rotatable bonds is 1. The number of hydrogen-bond acceptors (Lipinski definition) is 2. The Kier molecular flexibility index (Phi) is 2.37. The highest BCUT2D eigenvalue weighted by Crippen LogP contribution is 2.31. The second kappa shape index (κ2) is 3.70. The Hall–Kier alpha value is -2.28. The van der Waals surface area contributed by atoms with Crippen LogP contribution in [0, 0.1) is 12.3 Å². The van der Waals surface area contributed by atoms with Crippen molar-refractivity contribution in [1.82, 2.24) is 0 Å².